The van der Waals surface area contributed by atoms with Crippen LogP contribution in [0.3, 0.4) is 0 Å². The molecule has 0 fully saturated rings. The fraction of sp³-hybridized carbons (Fsp3) is 0.111. The lowest BCUT2D eigenvalue weighted by Crippen LogP contribution is -1.86. The van der Waals surface area contributed by atoms with E-state index in [1.54, 1.807) is 24.5 Å². The van der Waals surface area contributed by atoms with Crippen LogP contribution in [0.25, 0.3) is 0 Å². The number of ether oxygens (including phenoxy) is 1. The van der Waals surface area contributed by atoms with Crippen LogP contribution in [-0.2, 0) is 0 Å². The van der Waals surface area contributed by atoms with E-state index in [0.717, 1.165) is 5.56 Å². The lowest BCUT2D eigenvalue weighted by molar-refractivity contribution is 0.503. The minimum absolute atomic E-state index is 0.441. The Balaban J connectivity index is 3.12. The van der Waals surface area contributed by atoms with Gasteiger partial charge in [0.2, 0.25) is 0 Å². The van der Waals surface area contributed by atoms with Crippen molar-refractivity contribution in [3.8, 4) is 18.1 Å². The van der Waals surface area contributed by atoms with E-state index in [1.165, 1.54) is 0 Å². The molecule has 0 amide bonds. The van der Waals surface area contributed by atoms with Gasteiger partial charge in [-0.2, -0.15) is 5.26 Å². The third-order valence-electron chi connectivity index (χ3n) is 1.47. The quantitative estimate of drug-likeness (QED) is 0.585. The molecule has 0 radical (unpaired) electrons. The number of benzene rings is 1. The molecule has 3 nitrogen and oxygen atoms in total. The topological polar surface area (TPSA) is 56.8 Å². The monoisotopic (exact) mass is 158 g/mol. The molecular weight excluding hydrogens is 152 g/mol. The van der Waals surface area contributed by atoms with Crippen LogP contribution in [0.15, 0.2) is 18.2 Å². The summed E-state index contributed by atoms with van der Waals surface area (Å²) >= 11 is 0. The van der Waals surface area contributed by atoms with Crippen molar-refractivity contribution in [1.82, 2.24) is 0 Å². The first-order chi connectivity index (χ1) is 5.77. The second-order valence-electron chi connectivity index (χ2n) is 2.29. The third-order valence-corrected chi connectivity index (χ3v) is 1.47. The number of hydrogen-bond acceptors (Lipinski definition) is 3. The van der Waals surface area contributed by atoms with Gasteiger partial charge in [-0.15, -0.1) is 5.26 Å². The fourth-order valence-corrected chi connectivity index (χ4v) is 0.829. The van der Waals surface area contributed by atoms with Crippen molar-refractivity contribution in [2.75, 3.05) is 0 Å². The smallest absolute Gasteiger partial charge is 0.292 e. The van der Waals surface area contributed by atoms with Crippen molar-refractivity contribution in [3.05, 3.63) is 29.3 Å². The molecule has 0 saturated carbocycles. The summed E-state index contributed by atoms with van der Waals surface area (Å²) in [6.45, 7) is 1.81. The van der Waals surface area contributed by atoms with Crippen LogP contribution in [0.1, 0.15) is 11.1 Å². The summed E-state index contributed by atoms with van der Waals surface area (Å²) in [5.41, 5.74) is 1.33. The molecule has 0 aromatic heterocycles. The Labute approximate surface area is 70.4 Å². The summed E-state index contributed by atoms with van der Waals surface area (Å²) in [6.07, 6.45) is 1.57. The normalized spacial score (nSPS) is 8.25. The molecule has 1 rings (SSSR count). The maximum absolute atomic E-state index is 8.53. The molecule has 0 atom stereocenters. The number of nitrogens with zero attached hydrogens (tertiary/aromatic N) is 2. The first-order valence-corrected chi connectivity index (χ1v) is 3.34. The van der Waals surface area contributed by atoms with E-state index in [0.29, 0.717) is 11.3 Å². The zero-order chi connectivity index (χ0) is 8.97. The van der Waals surface area contributed by atoms with E-state index in [9.17, 15) is 0 Å². The molecule has 0 N–H and O–H groups in total. The largest absolute Gasteiger partial charge is 0.388 e. The average molecular weight is 158 g/mol. The Bertz CT molecular complexity index is 371. The van der Waals surface area contributed by atoms with Gasteiger partial charge in [0.1, 0.15) is 5.75 Å². The summed E-state index contributed by atoms with van der Waals surface area (Å²) < 4.78 is 4.63. The van der Waals surface area contributed by atoms with Crippen molar-refractivity contribution >= 4 is 0 Å². The van der Waals surface area contributed by atoms with Crippen molar-refractivity contribution in [1.29, 1.82) is 10.5 Å². The molecule has 3 heteroatoms. The van der Waals surface area contributed by atoms with E-state index in [2.05, 4.69) is 4.74 Å². The van der Waals surface area contributed by atoms with Gasteiger partial charge < -0.3 is 4.74 Å². The first kappa shape index (κ1) is 8.10. The van der Waals surface area contributed by atoms with Crippen molar-refractivity contribution in [3.63, 3.8) is 0 Å². The SMILES string of the molecule is Cc1ccc(C#N)cc1OC#N. The zero-order valence-electron chi connectivity index (χ0n) is 6.53. The molecule has 12 heavy (non-hydrogen) atoms. The van der Waals surface area contributed by atoms with E-state index in [-0.39, 0.29) is 0 Å². The van der Waals surface area contributed by atoms with Crippen LogP contribution in [0.2, 0.25) is 0 Å². The Morgan fingerprint density at radius 1 is 1.33 bits per heavy atom. The minimum atomic E-state index is 0.441. The van der Waals surface area contributed by atoms with Gasteiger partial charge in [-0.1, -0.05) is 6.07 Å². The van der Waals surface area contributed by atoms with E-state index in [1.807, 2.05) is 13.0 Å². The highest BCUT2D eigenvalue weighted by molar-refractivity contribution is 5.42. The highest BCUT2D eigenvalue weighted by atomic mass is 16.5. The Hall–Kier alpha value is -2.00. The molecule has 1 aromatic rings. The van der Waals surface area contributed by atoms with Crippen molar-refractivity contribution in [2.45, 2.75) is 6.92 Å². The van der Waals surface area contributed by atoms with Crippen LogP contribution in [0.5, 0.6) is 5.75 Å². The molecule has 0 aliphatic rings. The van der Waals surface area contributed by atoms with Gasteiger partial charge in [0, 0.05) is 0 Å². The lowest BCUT2D eigenvalue weighted by Gasteiger charge is -1.99. The second-order valence-corrected chi connectivity index (χ2v) is 2.29. The van der Waals surface area contributed by atoms with E-state index >= 15 is 0 Å². The van der Waals surface area contributed by atoms with Gasteiger partial charge >= 0.3 is 0 Å². The van der Waals surface area contributed by atoms with Crippen LogP contribution in [0, 0.1) is 29.8 Å². The van der Waals surface area contributed by atoms with Crippen LogP contribution in [0.4, 0.5) is 0 Å². The average Bonchev–Trinajstić information content (AvgIpc) is 2.09. The predicted octanol–water partition coefficient (Wildman–Crippen LogP) is 1.73. The Morgan fingerprint density at radius 2 is 2.08 bits per heavy atom. The van der Waals surface area contributed by atoms with Crippen molar-refractivity contribution < 1.29 is 4.74 Å². The van der Waals surface area contributed by atoms with Gasteiger partial charge in [-0.05, 0) is 24.6 Å². The Morgan fingerprint density at radius 3 is 2.67 bits per heavy atom. The van der Waals surface area contributed by atoms with Gasteiger partial charge in [-0.3, -0.25) is 0 Å². The van der Waals surface area contributed by atoms with Gasteiger partial charge in [0.15, 0.2) is 0 Å². The van der Waals surface area contributed by atoms with E-state index in [4.69, 9.17) is 10.5 Å². The Kier molecular flexibility index (Phi) is 2.30. The molecule has 0 aliphatic heterocycles. The highest BCUT2D eigenvalue weighted by Gasteiger charge is 2.00. The molecule has 1 aromatic carbocycles. The molecule has 58 valence electrons. The molecule has 0 unspecified atom stereocenters. The van der Waals surface area contributed by atoms with Crippen LogP contribution in [-0.4, -0.2) is 0 Å². The van der Waals surface area contributed by atoms with Gasteiger partial charge in [-0.25, -0.2) is 0 Å². The second kappa shape index (κ2) is 3.41. The maximum atomic E-state index is 8.53. The number of aryl methyl sites for hydroxylation is 1. The summed E-state index contributed by atoms with van der Waals surface area (Å²) in [5.74, 6) is 0.441. The lowest BCUT2D eigenvalue weighted by atomic mass is 10.1. The number of rotatable bonds is 1. The minimum Gasteiger partial charge on any atom is -0.388 e. The molecule has 0 spiro atoms. The van der Waals surface area contributed by atoms with Gasteiger partial charge in [0.05, 0.1) is 11.6 Å². The zero-order valence-corrected chi connectivity index (χ0v) is 6.53. The van der Waals surface area contributed by atoms with Gasteiger partial charge in [0.25, 0.3) is 6.26 Å². The highest BCUT2D eigenvalue weighted by Crippen LogP contribution is 2.18. The van der Waals surface area contributed by atoms with E-state index < -0.39 is 0 Å². The summed E-state index contributed by atoms with van der Waals surface area (Å²) in [6, 6.07) is 6.93. The van der Waals surface area contributed by atoms with Crippen molar-refractivity contribution in [2.24, 2.45) is 0 Å². The maximum Gasteiger partial charge on any atom is 0.292 e. The summed E-state index contributed by atoms with van der Waals surface area (Å²) in [7, 11) is 0. The van der Waals surface area contributed by atoms with Crippen LogP contribution >= 0.6 is 0 Å². The summed E-state index contributed by atoms with van der Waals surface area (Å²) in [5, 5.41) is 16.8. The first-order valence-electron chi connectivity index (χ1n) is 3.34. The third kappa shape index (κ3) is 1.53. The van der Waals surface area contributed by atoms with Crippen LogP contribution < -0.4 is 4.74 Å². The molecule has 0 bridgehead atoms. The molecular formula is C9H6N2O. The number of nitriles is 2. The predicted molar refractivity (Wildman–Crippen MR) is 42.1 cm³/mol. The number of hydrogen-bond donors (Lipinski definition) is 0. The fourth-order valence-electron chi connectivity index (χ4n) is 0.829. The molecule has 0 aliphatic carbocycles. The summed E-state index contributed by atoms with van der Waals surface area (Å²) in [4.78, 5) is 0. The molecule has 0 heterocycles. The standard InChI is InChI=1S/C9H6N2O/c1-7-2-3-8(5-10)4-9(7)12-6-11/h2-4H,1H3. The molecule has 0 saturated heterocycles.